The number of hydrogen-bond donors (Lipinski definition) is 0. The van der Waals surface area contributed by atoms with Crippen molar-refractivity contribution in [2.75, 3.05) is 0 Å². The predicted molar refractivity (Wildman–Crippen MR) is 244 cm³/mol. The SMILES string of the molecule is c1ccc(-n2c3ccccc3c3cc4c(cc32)c2ccccc2n4-c2ccccc2-c2cc(-c3cccc4ccccc34)nc(-c3cccc4ccccc34)c2)cc1. The Hall–Kier alpha value is -7.75. The van der Waals surface area contributed by atoms with Crippen molar-refractivity contribution in [3.05, 3.63) is 212 Å². The molecule has 3 aromatic heterocycles. The minimum absolute atomic E-state index is 0.949. The lowest BCUT2D eigenvalue weighted by Gasteiger charge is -2.17. The summed E-state index contributed by atoms with van der Waals surface area (Å²) in [6, 6.07) is 76.9. The minimum Gasteiger partial charge on any atom is -0.309 e. The molecule has 12 rings (SSSR count). The molecule has 0 aliphatic carbocycles. The van der Waals surface area contributed by atoms with E-state index in [1.54, 1.807) is 0 Å². The third kappa shape index (κ3) is 4.97. The van der Waals surface area contributed by atoms with E-state index in [1.165, 1.54) is 65.2 Å². The van der Waals surface area contributed by atoms with Gasteiger partial charge in [-0.1, -0.05) is 158 Å². The largest absolute Gasteiger partial charge is 0.309 e. The first-order valence-electron chi connectivity index (χ1n) is 19.9. The number of benzene rings is 9. The van der Waals surface area contributed by atoms with E-state index in [0.29, 0.717) is 0 Å². The fourth-order valence-corrected chi connectivity index (χ4v) is 9.32. The van der Waals surface area contributed by atoms with Gasteiger partial charge in [0.15, 0.2) is 0 Å². The molecule has 58 heavy (non-hydrogen) atoms. The number of aromatic nitrogens is 3. The highest BCUT2D eigenvalue weighted by Gasteiger charge is 2.21. The van der Waals surface area contributed by atoms with E-state index in [-0.39, 0.29) is 0 Å². The number of pyridine rings is 1. The molecule has 3 heteroatoms. The fraction of sp³-hybridized carbons (Fsp3) is 0. The molecule has 0 aliphatic rings. The third-order valence-electron chi connectivity index (χ3n) is 11.9. The molecule has 270 valence electrons. The second kappa shape index (κ2) is 12.9. The van der Waals surface area contributed by atoms with E-state index >= 15 is 0 Å². The van der Waals surface area contributed by atoms with Crippen LogP contribution in [0.3, 0.4) is 0 Å². The Labute approximate surface area is 335 Å². The molecule has 0 saturated heterocycles. The van der Waals surface area contributed by atoms with Gasteiger partial charge in [0.25, 0.3) is 0 Å². The van der Waals surface area contributed by atoms with Crippen molar-refractivity contribution in [2.45, 2.75) is 0 Å². The highest BCUT2D eigenvalue weighted by molar-refractivity contribution is 6.19. The summed E-state index contributed by atoms with van der Waals surface area (Å²) < 4.78 is 4.88. The molecule has 0 N–H and O–H groups in total. The maximum atomic E-state index is 5.47. The first kappa shape index (κ1) is 32.5. The molecule has 12 aromatic rings. The van der Waals surface area contributed by atoms with Gasteiger partial charge in [-0.05, 0) is 81.7 Å². The molecule has 0 bridgehead atoms. The molecule has 0 spiro atoms. The predicted octanol–water partition coefficient (Wildman–Crippen LogP) is 14.6. The monoisotopic (exact) mass is 737 g/mol. The third-order valence-corrected chi connectivity index (χ3v) is 11.9. The zero-order chi connectivity index (χ0) is 38.2. The van der Waals surface area contributed by atoms with Gasteiger partial charge >= 0.3 is 0 Å². The first-order chi connectivity index (χ1) is 28.8. The maximum Gasteiger partial charge on any atom is 0.0721 e. The van der Waals surface area contributed by atoms with Crippen LogP contribution in [-0.4, -0.2) is 14.1 Å². The molecule has 9 aromatic carbocycles. The van der Waals surface area contributed by atoms with E-state index < -0.39 is 0 Å². The number of fused-ring (bicyclic) bond motifs is 8. The molecule has 0 saturated carbocycles. The van der Waals surface area contributed by atoms with Crippen LogP contribution in [0, 0.1) is 0 Å². The standard InChI is InChI=1S/C55H35N3/c1-2-20-39(21-3-1)57-52-30-12-9-25-45(52)47-35-55-48(34-54(47)57)46-26-10-13-31-53(46)58(55)51-29-11-8-24-42(51)38-32-49(43-27-14-18-36-16-4-6-22-40(36)43)56-50(33-38)44-28-15-19-37-17-5-7-23-41(37)44/h1-35H. The van der Waals surface area contributed by atoms with Crippen LogP contribution in [0.2, 0.25) is 0 Å². The lowest BCUT2D eigenvalue weighted by atomic mass is 9.95. The van der Waals surface area contributed by atoms with E-state index in [9.17, 15) is 0 Å². The van der Waals surface area contributed by atoms with Crippen LogP contribution in [0.5, 0.6) is 0 Å². The number of hydrogen-bond acceptors (Lipinski definition) is 1. The first-order valence-corrected chi connectivity index (χ1v) is 19.9. The summed E-state index contributed by atoms with van der Waals surface area (Å²) >= 11 is 0. The summed E-state index contributed by atoms with van der Waals surface area (Å²) in [6.07, 6.45) is 0. The van der Waals surface area contributed by atoms with Gasteiger partial charge in [0.2, 0.25) is 0 Å². The second-order valence-electron chi connectivity index (χ2n) is 15.1. The van der Waals surface area contributed by atoms with Crippen molar-refractivity contribution in [3.8, 4) is 45.0 Å². The van der Waals surface area contributed by atoms with Gasteiger partial charge in [0, 0.05) is 43.9 Å². The lowest BCUT2D eigenvalue weighted by Crippen LogP contribution is -1.99. The molecule has 3 nitrogen and oxygen atoms in total. The average Bonchev–Trinajstić information content (AvgIpc) is 3.79. The molecular formula is C55H35N3. The van der Waals surface area contributed by atoms with Crippen LogP contribution in [0.1, 0.15) is 0 Å². The van der Waals surface area contributed by atoms with Crippen molar-refractivity contribution in [1.29, 1.82) is 0 Å². The van der Waals surface area contributed by atoms with Crippen LogP contribution in [0.15, 0.2) is 212 Å². The number of para-hydroxylation sites is 4. The van der Waals surface area contributed by atoms with E-state index in [4.69, 9.17) is 4.98 Å². The van der Waals surface area contributed by atoms with E-state index in [0.717, 1.165) is 45.0 Å². The molecule has 0 aliphatic heterocycles. The second-order valence-corrected chi connectivity index (χ2v) is 15.1. The quantitative estimate of drug-likeness (QED) is 0.172. The molecule has 0 unspecified atom stereocenters. The summed E-state index contributed by atoms with van der Waals surface area (Å²) in [4.78, 5) is 5.47. The zero-order valence-electron chi connectivity index (χ0n) is 31.5. The molecular weight excluding hydrogens is 703 g/mol. The van der Waals surface area contributed by atoms with Gasteiger partial charge in [0.1, 0.15) is 0 Å². The van der Waals surface area contributed by atoms with Crippen molar-refractivity contribution in [2.24, 2.45) is 0 Å². The van der Waals surface area contributed by atoms with Crippen LogP contribution in [0.4, 0.5) is 0 Å². The summed E-state index contributed by atoms with van der Waals surface area (Å²) in [6.45, 7) is 0. The number of nitrogens with zero attached hydrogens (tertiary/aromatic N) is 3. The average molecular weight is 738 g/mol. The Morgan fingerprint density at radius 3 is 1.36 bits per heavy atom. The smallest absolute Gasteiger partial charge is 0.0721 e. The Morgan fingerprint density at radius 2 is 0.741 bits per heavy atom. The van der Waals surface area contributed by atoms with Crippen LogP contribution in [-0.2, 0) is 0 Å². The summed E-state index contributed by atoms with van der Waals surface area (Å²) in [5.74, 6) is 0. The molecule has 0 atom stereocenters. The molecule has 0 fully saturated rings. The summed E-state index contributed by atoms with van der Waals surface area (Å²) in [5, 5.41) is 9.69. The van der Waals surface area contributed by atoms with Gasteiger partial charge in [0.05, 0.1) is 39.1 Å². The van der Waals surface area contributed by atoms with E-state index in [2.05, 4.69) is 221 Å². The summed E-state index contributed by atoms with van der Waals surface area (Å²) in [5.41, 5.74) is 13.4. The van der Waals surface area contributed by atoms with Crippen molar-refractivity contribution in [3.63, 3.8) is 0 Å². The van der Waals surface area contributed by atoms with E-state index in [1.807, 2.05) is 0 Å². The van der Waals surface area contributed by atoms with Crippen LogP contribution in [0.25, 0.3) is 110 Å². The Balaban J connectivity index is 1.15. The normalized spacial score (nSPS) is 11.8. The van der Waals surface area contributed by atoms with Gasteiger partial charge < -0.3 is 9.13 Å². The maximum absolute atomic E-state index is 5.47. The highest BCUT2D eigenvalue weighted by Crippen LogP contribution is 2.43. The van der Waals surface area contributed by atoms with Crippen molar-refractivity contribution >= 4 is 65.2 Å². The van der Waals surface area contributed by atoms with Crippen molar-refractivity contribution < 1.29 is 0 Å². The van der Waals surface area contributed by atoms with Crippen LogP contribution >= 0.6 is 0 Å². The van der Waals surface area contributed by atoms with Crippen LogP contribution < -0.4 is 0 Å². The Morgan fingerprint density at radius 1 is 0.293 bits per heavy atom. The highest BCUT2D eigenvalue weighted by atomic mass is 15.0. The van der Waals surface area contributed by atoms with Gasteiger partial charge in [-0.2, -0.15) is 0 Å². The van der Waals surface area contributed by atoms with Gasteiger partial charge in [-0.15, -0.1) is 0 Å². The molecule has 0 amide bonds. The fourth-order valence-electron chi connectivity index (χ4n) is 9.32. The molecule has 3 heterocycles. The lowest BCUT2D eigenvalue weighted by molar-refractivity contribution is 1.17. The zero-order valence-corrected chi connectivity index (χ0v) is 31.5. The van der Waals surface area contributed by atoms with Gasteiger partial charge in [-0.3, -0.25) is 0 Å². The summed E-state index contributed by atoms with van der Waals surface area (Å²) in [7, 11) is 0. The minimum atomic E-state index is 0.949. The van der Waals surface area contributed by atoms with Crippen molar-refractivity contribution in [1.82, 2.24) is 14.1 Å². The number of rotatable bonds is 5. The molecule has 0 radical (unpaired) electrons. The topological polar surface area (TPSA) is 22.8 Å². The Bertz CT molecular complexity index is 3460. The van der Waals surface area contributed by atoms with Gasteiger partial charge in [-0.25, -0.2) is 4.98 Å². The Kier molecular flexibility index (Phi) is 7.23.